The van der Waals surface area contributed by atoms with Gasteiger partial charge in [-0.3, -0.25) is 0 Å². The monoisotopic (exact) mass is 202 g/mol. The van der Waals surface area contributed by atoms with Gasteiger partial charge in [0.15, 0.2) is 0 Å². The Morgan fingerprint density at radius 2 is 2.00 bits per heavy atom. The Kier molecular flexibility index (Phi) is 3.82. The maximum absolute atomic E-state index is 2.45. The molecule has 0 unspecified atom stereocenters. The van der Waals surface area contributed by atoms with Crippen molar-refractivity contribution in [3.8, 4) is 0 Å². The van der Waals surface area contributed by atoms with Crippen molar-refractivity contribution < 1.29 is 0 Å². The van der Waals surface area contributed by atoms with Gasteiger partial charge in [-0.05, 0) is 42.7 Å². The van der Waals surface area contributed by atoms with Crippen molar-refractivity contribution in [3.05, 3.63) is 35.4 Å². The molecule has 0 saturated heterocycles. The van der Waals surface area contributed by atoms with Crippen molar-refractivity contribution in [2.45, 2.75) is 57.8 Å². The molecule has 1 saturated carbocycles. The van der Waals surface area contributed by atoms with E-state index in [0.717, 1.165) is 5.92 Å². The van der Waals surface area contributed by atoms with Crippen molar-refractivity contribution in [3.63, 3.8) is 0 Å². The van der Waals surface area contributed by atoms with E-state index in [0.29, 0.717) is 0 Å². The van der Waals surface area contributed by atoms with Crippen molar-refractivity contribution in [1.29, 1.82) is 0 Å². The van der Waals surface area contributed by atoms with E-state index in [4.69, 9.17) is 0 Å². The number of hydrogen-bond acceptors (Lipinski definition) is 0. The van der Waals surface area contributed by atoms with Crippen LogP contribution < -0.4 is 0 Å². The zero-order chi connectivity index (χ0) is 10.5. The number of rotatable bonds is 4. The number of unbranched alkanes of at least 4 members (excludes halogenated alkanes) is 1. The van der Waals surface area contributed by atoms with Gasteiger partial charge in [0.05, 0.1) is 0 Å². The highest BCUT2D eigenvalue weighted by atomic mass is 14.2. The van der Waals surface area contributed by atoms with E-state index < -0.39 is 0 Å². The van der Waals surface area contributed by atoms with Gasteiger partial charge < -0.3 is 0 Å². The molecule has 0 spiro atoms. The van der Waals surface area contributed by atoms with Crippen molar-refractivity contribution in [2.75, 3.05) is 0 Å². The smallest absolute Gasteiger partial charge is 0.0162 e. The third-order valence-electron chi connectivity index (χ3n) is 3.60. The summed E-state index contributed by atoms with van der Waals surface area (Å²) in [5, 5.41) is 0. The SMILES string of the molecule is CCCCc1cccc(C2CCCC2)c1. The summed E-state index contributed by atoms with van der Waals surface area (Å²) in [5.74, 6) is 0.867. The summed E-state index contributed by atoms with van der Waals surface area (Å²) in [7, 11) is 0. The Bertz CT molecular complexity index is 295. The van der Waals surface area contributed by atoms with Crippen molar-refractivity contribution in [2.24, 2.45) is 0 Å². The minimum atomic E-state index is 0.867. The lowest BCUT2D eigenvalue weighted by molar-refractivity contribution is 0.719. The van der Waals surface area contributed by atoms with Crippen molar-refractivity contribution in [1.82, 2.24) is 0 Å². The van der Waals surface area contributed by atoms with Gasteiger partial charge >= 0.3 is 0 Å². The average Bonchev–Trinajstić information content (AvgIpc) is 2.80. The Labute approximate surface area is 93.7 Å². The van der Waals surface area contributed by atoms with E-state index in [-0.39, 0.29) is 0 Å². The molecule has 1 aromatic carbocycles. The van der Waals surface area contributed by atoms with Crippen LogP contribution in [0.15, 0.2) is 24.3 Å². The number of benzene rings is 1. The third kappa shape index (κ3) is 2.84. The van der Waals surface area contributed by atoms with Gasteiger partial charge in [0.2, 0.25) is 0 Å². The molecule has 1 fully saturated rings. The summed E-state index contributed by atoms with van der Waals surface area (Å²) in [6.07, 6.45) is 9.58. The predicted octanol–water partition coefficient (Wildman–Crippen LogP) is 4.69. The zero-order valence-electron chi connectivity index (χ0n) is 9.84. The molecule has 0 atom stereocenters. The second-order valence-corrected chi connectivity index (χ2v) is 4.83. The highest BCUT2D eigenvalue weighted by Crippen LogP contribution is 2.34. The first-order valence-electron chi connectivity index (χ1n) is 6.49. The molecule has 0 nitrogen and oxygen atoms in total. The molecule has 0 heteroatoms. The molecule has 82 valence electrons. The Hall–Kier alpha value is -0.780. The Balaban J connectivity index is 2.04. The molecule has 0 bridgehead atoms. The van der Waals surface area contributed by atoms with Crippen molar-refractivity contribution >= 4 is 0 Å². The third-order valence-corrected chi connectivity index (χ3v) is 3.60. The summed E-state index contributed by atoms with van der Waals surface area (Å²) < 4.78 is 0. The summed E-state index contributed by atoms with van der Waals surface area (Å²) in [4.78, 5) is 0. The Morgan fingerprint density at radius 1 is 1.20 bits per heavy atom. The lowest BCUT2D eigenvalue weighted by atomic mass is 9.95. The molecule has 0 aliphatic heterocycles. The van der Waals surface area contributed by atoms with Gasteiger partial charge in [-0.15, -0.1) is 0 Å². The zero-order valence-corrected chi connectivity index (χ0v) is 9.84. The number of aryl methyl sites for hydroxylation is 1. The predicted molar refractivity (Wildman–Crippen MR) is 66.3 cm³/mol. The van der Waals surface area contributed by atoms with Crippen LogP contribution in [-0.2, 0) is 6.42 Å². The largest absolute Gasteiger partial charge is 0.0654 e. The summed E-state index contributed by atoms with van der Waals surface area (Å²) in [6.45, 7) is 2.26. The molecule has 1 aliphatic carbocycles. The van der Waals surface area contributed by atoms with Gasteiger partial charge in [0, 0.05) is 0 Å². The normalized spacial score (nSPS) is 17.1. The molecule has 0 radical (unpaired) electrons. The van der Waals surface area contributed by atoms with Crippen LogP contribution in [0.2, 0.25) is 0 Å². The van der Waals surface area contributed by atoms with E-state index in [1.165, 1.54) is 44.9 Å². The van der Waals surface area contributed by atoms with E-state index >= 15 is 0 Å². The molecule has 0 amide bonds. The second-order valence-electron chi connectivity index (χ2n) is 4.83. The molecule has 2 rings (SSSR count). The van der Waals surface area contributed by atoms with Crippen LogP contribution >= 0.6 is 0 Å². The van der Waals surface area contributed by atoms with Gasteiger partial charge in [0.1, 0.15) is 0 Å². The first kappa shape index (κ1) is 10.7. The summed E-state index contributed by atoms with van der Waals surface area (Å²) in [5.41, 5.74) is 3.14. The lowest BCUT2D eigenvalue weighted by Crippen LogP contribution is -1.94. The van der Waals surface area contributed by atoms with E-state index in [2.05, 4.69) is 31.2 Å². The maximum atomic E-state index is 2.45. The van der Waals surface area contributed by atoms with Gasteiger partial charge in [0.25, 0.3) is 0 Å². The molecule has 0 N–H and O–H groups in total. The topological polar surface area (TPSA) is 0 Å². The molecule has 1 aliphatic rings. The minimum absolute atomic E-state index is 0.867. The van der Waals surface area contributed by atoms with Crippen LogP contribution in [0.25, 0.3) is 0 Å². The van der Waals surface area contributed by atoms with Gasteiger partial charge in [-0.2, -0.15) is 0 Å². The second kappa shape index (κ2) is 5.34. The molecular weight excluding hydrogens is 180 g/mol. The minimum Gasteiger partial charge on any atom is -0.0654 e. The van der Waals surface area contributed by atoms with Crippen LogP contribution in [-0.4, -0.2) is 0 Å². The van der Waals surface area contributed by atoms with Crippen LogP contribution in [0.4, 0.5) is 0 Å². The summed E-state index contributed by atoms with van der Waals surface area (Å²) in [6, 6.07) is 9.31. The van der Waals surface area contributed by atoms with Crippen LogP contribution in [0.5, 0.6) is 0 Å². The average molecular weight is 202 g/mol. The maximum Gasteiger partial charge on any atom is -0.0162 e. The quantitative estimate of drug-likeness (QED) is 0.664. The molecular formula is C15H22. The molecule has 1 aromatic rings. The fourth-order valence-corrected chi connectivity index (χ4v) is 2.64. The highest BCUT2D eigenvalue weighted by Gasteiger charge is 2.16. The van der Waals surface area contributed by atoms with E-state index in [1.807, 2.05) is 0 Å². The molecule has 0 aromatic heterocycles. The fourth-order valence-electron chi connectivity index (χ4n) is 2.64. The molecule has 0 heterocycles. The van der Waals surface area contributed by atoms with E-state index in [9.17, 15) is 0 Å². The first-order chi connectivity index (χ1) is 7.40. The lowest BCUT2D eigenvalue weighted by Gasteiger charge is -2.11. The fraction of sp³-hybridized carbons (Fsp3) is 0.600. The first-order valence-corrected chi connectivity index (χ1v) is 6.49. The number of hydrogen-bond donors (Lipinski definition) is 0. The van der Waals surface area contributed by atoms with Gasteiger partial charge in [-0.1, -0.05) is 50.5 Å². The van der Waals surface area contributed by atoms with Crippen LogP contribution in [0.1, 0.15) is 62.5 Å². The van der Waals surface area contributed by atoms with E-state index in [1.54, 1.807) is 11.1 Å². The van der Waals surface area contributed by atoms with Gasteiger partial charge in [-0.25, -0.2) is 0 Å². The highest BCUT2D eigenvalue weighted by molar-refractivity contribution is 5.27. The molecule has 15 heavy (non-hydrogen) atoms. The summed E-state index contributed by atoms with van der Waals surface area (Å²) >= 11 is 0. The van der Waals surface area contributed by atoms with Crippen LogP contribution in [0, 0.1) is 0 Å². The van der Waals surface area contributed by atoms with Crippen LogP contribution in [0.3, 0.4) is 0 Å². The Morgan fingerprint density at radius 3 is 2.73 bits per heavy atom. The standard InChI is InChI=1S/C15H22/c1-2-3-7-13-8-6-11-15(12-13)14-9-4-5-10-14/h6,8,11-12,14H,2-5,7,9-10H2,1H3.